The third kappa shape index (κ3) is 7.56. The molecule has 168 valence electrons. The number of rotatable bonds is 8. The first kappa shape index (κ1) is 23.1. The van der Waals surface area contributed by atoms with E-state index in [-0.39, 0.29) is 24.1 Å². The summed E-state index contributed by atoms with van der Waals surface area (Å²) in [5.74, 6) is -0.375. The lowest BCUT2D eigenvalue weighted by Crippen LogP contribution is -2.48. The lowest BCUT2D eigenvalue weighted by atomic mass is 10.1. The molecular weight excluding hydrogens is 409 g/mol. The molecule has 2 aromatic carbocycles. The highest BCUT2D eigenvalue weighted by Gasteiger charge is 2.31. The van der Waals surface area contributed by atoms with Gasteiger partial charge in [-0.15, -0.1) is 13.2 Å². The molecule has 1 aliphatic rings. The molecule has 0 aliphatic carbocycles. The molecule has 1 atom stereocenters. The number of ether oxygens (including phenoxy) is 2. The van der Waals surface area contributed by atoms with E-state index in [9.17, 15) is 18.0 Å². The quantitative estimate of drug-likeness (QED) is 0.630. The van der Waals surface area contributed by atoms with Crippen molar-refractivity contribution in [2.75, 3.05) is 32.8 Å². The van der Waals surface area contributed by atoms with Crippen molar-refractivity contribution in [3.05, 3.63) is 65.7 Å². The second-order valence-corrected chi connectivity index (χ2v) is 7.64. The molecule has 0 spiro atoms. The SMILES string of the molecule is CC(CN1CCOCC1)N(Cc1ccccc1)C(=O)Cc1ccc(OC(F)(F)F)cc1. The van der Waals surface area contributed by atoms with Gasteiger partial charge in [0.25, 0.3) is 0 Å². The predicted octanol–water partition coefficient (Wildman–Crippen LogP) is 3.88. The van der Waals surface area contributed by atoms with Gasteiger partial charge in [0.05, 0.1) is 19.6 Å². The molecule has 0 radical (unpaired) electrons. The van der Waals surface area contributed by atoms with Crippen LogP contribution < -0.4 is 4.74 Å². The summed E-state index contributed by atoms with van der Waals surface area (Å²) in [7, 11) is 0. The molecular formula is C23H27F3N2O3. The number of halogens is 3. The summed E-state index contributed by atoms with van der Waals surface area (Å²) in [6.45, 7) is 6.27. The molecule has 0 N–H and O–H groups in total. The van der Waals surface area contributed by atoms with E-state index >= 15 is 0 Å². The molecule has 1 saturated heterocycles. The van der Waals surface area contributed by atoms with Crippen molar-refractivity contribution in [2.45, 2.75) is 32.3 Å². The minimum absolute atomic E-state index is 0.0290. The highest BCUT2D eigenvalue weighted by Crippen LogP contribution is 2.23. The summed E-state index contributed by atoms with van der Waals surface area (Å²) >= 11 is 0. The van der Waals surface area contributed by atoms with Crippen molar-refractivity contribution < 1.29 is 27.4 Å². The van der Waals surface area contributed by atoms with Crippen LogP contribution in [0.2, 0.25) is 0 Å². The largest absolute Gasteiger partial charge is 0.573 e. The highest BCUT2D eigenvalue weighted by atomic mass is 19.4. The van der Waals surface area contributed by atoms with Crippen LogP contribution in [0.1, 0.15) is 18.1 Å². The van der Waals surface area contributed by atoms with Gasteiger partial charge in [0.1, 0.15) is 5.75 Å². The first-order valence-corrected chi connectivity index (χ1v) is 10.3. The third-order valence-corrected chi connectivity index (χ3v) is 5.19. The molecule has 31 heavy (non-hydrogen) atoms. The molecule has 1 unspecified atom stereocenters. The summed E-state index contributed by atoms with van der Waals surface area (Å²) in [4.78, 5) is 17.3. The van der Waals surface area contributed by atoms with Crippen LogP contribution in [0.3, 0.4) is 0 Å². The first-order valence-electron chi connectivity index (χ1n) is 10.3. The van der Waals surface area contributed by atoms with Crippen LogP contribution >= 0.6 is 0 Å². The number of hydrogen-bond acceptors (Lipinski definition) is 4. The highest BCUT2D eigenvalue weighted by molar-refractivity contribution is 5.79. The number of hydrogen-bond donors (Lipinski definition) is 0. The standard InChI is InChI=1S/C23H27F3N2O3/c1-18(16-27-11-13-30-14-12-27)28(17-20-5-3-2-4-6-20)22(29)15-19-7-9-21(10-8-19)31-23(24,25)26/h2-10,18H,11-17H2,1H3. The fourth-order valence-electron chi connectivity index (χ4n) is 3.61. The van der Waals surface area contributed by atoms with E-state index < -0.39 is 6.36 Å². The molecule has 1 aliphatic heterocycles. The fraction of sp³-hybridized carbons (Fsp3) is 0.435. The molecule has 3 rings (SSSR count). The Balaban J connectivity index is 1.68. The van der Waals surface area contributed by atoms with Crippen LogP contribution in [-0.4, -0.2) is 61.0 Å². The van der Waals surface area contributed by atoms with Crippen molar-refractivity contribution in [2.24, 2.45) is 0 Å². The topological polar surface area (TPSA) is 42.0 Å². The van der Waals surface area contributed by atoms with Crippen LogP contribution in [-0.2, 0) is 22.5 Å². The van der Waals surface area contributed by atoms with Gasteiger partial charge in [-0.2, -0.15) is 0 Å². The summed E-state index contributed by atoms with van der Waals surface area (Å²) in [6.07, 6.45) is -4.63. The van der Waals surface area contributed by atoms with E-state index in [4.69, 9.17) is 4.74 Å². The zero-order valence-electron chi connectivity index (χ0n) is 17.5. The Hall–Kier alpha value is -2.58. The second kappa shape index (κ2) is 10.6. The van der Waals surface area contributed by atoms with Crippen molar-refractivity contribution in [3.63, 3.8) is 0 Å². The van der Waals surface area contributed by atoms with Crippen molar-refractivity contribution >= 4 is 5.91 Å². The number of nitrogens with zero attached hydrogens (tertiary/aromatic N) is 2. The maximum Gasteiger partial charge on any atom is 0.573 e. The minimum Gasteiger partial charge on any atom is -0.406 e. The van der Waals surface area contributed by atoms with Gasteiger partial charge in [-0.05, 0) is 30.2 Å². The summed E-state index contributed by atoms with van der Waals surface area (Å²) in [5.41, 5.74) is 1.66. The zero-order valence-corrected chi connectivity index (χ0v) is 17.5. The normalized spacial score (nSPS) is 16.0. The van der Waals surface area contributed by atoms with Gasteiger partial charge >= 0.3 is 6.36 Å². The van der Waals surface area contributed by atoms with E-state index in [1.807, 2.05) is 42.2 Å². The average molecular weight is 436 g/mol. The van der Waals surface area contributed by atoms with Crippen LogP contribution in [0, 0.1) is 0 Å². The van der Waals surface area contributed by atoms with E-state index in [1.54, 1.807) is 0 Å². The number of morpholine rings is 1. The van der Waals surface area contributed by atoms with Gasteiger partial charge in [0, 0.05) is 32.2 Å². The summed E-state index contributed by atoms with van der Waals surface area (Å²) < 4.78 is 46.4. The third-order valence-electron chi connectivity index (χ3n) is 5.19. The Morgan fingerprint density at radius 2 is 1.71 bits per heavy atom. The molecule has 8 heteroatoms. The van der Waals surface area contributed by atoms with Crippen molar-refractivity contribution in [3.8, 4) is 5.75 Å². The Labute approximate surface area is 180 Å². The number of benzene rings is 2. The number of carbonyl (C=O) groups excluding carboxylic acids is 1. The smallest absolute Gasteiger partial charge is 0.406 e. The molecule has 2 aromatic rings. The summed E-state index contributed by atoms with van der Waals surface area (Å²) in [5, 5.41) is 0. The van der Waals surface area contributed by atoms with E-state index in [0.717, 1.165) is 25.2 Å². The summed E-state index contributed by atoms with van der Waals surface area (Å²) in [6, 6.07) is 15.2. The molecule has 1 heterocycles. The Kier molecular flexibility index (Phi) is 7.92. The maximum absolute atomic E-state index is 13.2. The van der Waals surface area contributed by atoms with Gasteiger partial charge < -0.3 is 14.4 Å². The lowest BCUT2D eigenvalue weighted by Gasteiger charge is -2.35. The van der Waals surface area contributed by atoms with E-state index in [2.05, 4.69) is 9.64 Å². The number of alkyl halides is 3. The molecule has 0 saturated carbocycles. The Bertz CT molecular complexity index is 822. The van der Waals surface area contributed by atoms with E-state index in [0.29, 0.717) is 25.3 Å². The number of carbonyl (C=O) groups is 1. The Morgan fingerprint density at radius 1 is 1.06 bits per heavy atom. The van der Waals surface area contributed by atoms with Gasteiger partial charge in [0.15, 0.2) is 0 Å². The van der Waals surface area contributed by atoms with Crippen molar-refractivity contribution in [1.29, 1.82) is 0 Å². The van der Waals surface area contributed by atoms with Gasteiger partial charge in [-0.25, -0.2) is 0 Å². The minimum atomic E-state index is -4.74. The van der Waals surface area contributed by atoms with Crippen molar-refractivity contribution in [1.82, 2.24) is 9.80 Å². The number of amides is 1. The predicted molar refractivity (Wildman–Crippen MR) is 111 cm³/mol. The molecule has 1 fully saturated rings. The lowest BCUT2D eigenvalue weighted by molar-refractivity contribution is -0.274. The molecule has 0 aromatic heterocycles. The van der Waals surface area contributed by atoms with Crippen LogP contribution in [0.25, 0.3) is 0 Å². The fourth-order valence-corrected chi connectivity index (χ4v) is 3.61. The Morgan fingerprint density at radius 3 is 2.32 bits per heavy atom. The van der Waals surface area contributed by atoms with E-state index in [1.165, 1.54) is 24.3 Å². The van der Waals surface area contributed by atoms with Gasteiger partial charge in [0.2, 0.25) is 5.91 Å². The second-order valence-electron chi connectivity index (χ2n) is 7.64. The van der Waals surface area contributed by atoms with Crippen LogP contribution in [0.4, 0.5) is 13.2 Å². The molecule has 5 nitrogen and oxygen atoms in total. The van der Waals surface area contributed by atoms with Crippen LogP contribution in [0.15, 0.2) is 54.6 Å². The van der Waals surface area contributed by atoms with Crippen LogP contribution in [0.5, 0.6) is 5.75 Å². The molecule has 1 amide bonds. The maximum atomic E-state index is 13.2. The zero-order chi connectivity index (χ0) is 22.3. The monoisotopic (exact) mass is 436 g/mol. The first-order chi connectivity index (χ1) is 14.8. The van der Waals surface area contributed by atoms with Gasteiger partial charge in [-0.3, -0.25) is 9.69 Å². The van der Waals surface area contributed by atoms with Gasteiger partial charge in [-0.1, -0.05) is 42.5 Å². The molecule has 0 bridgehead atoms. The average Bonchev–Trinajstić information content (AvgIpc) is 2.74.